The highest BCUT2D eigenvalue weighted by Crippen LogP contribution is 2.42. The molecule has 0 amide bonds. The Kier molecular flexibility index (Phi) is 4.14. The zero-order valence-corrected chi connectivity index (χ0v) is 8.81. The Labute approximate surface area is 82.9 Å². The van der Waals surface area contributed by atoms with E-state index >= 15 is 0 Å². The van der Waals surface area contributed by atoms with Gasteiger partial charge in [-0.15, -0.1) is 0 Å². The zero-order valence-electron chi connectivity index (χ0n) is 7.92. The molecule has 0 saturated heterocycles. The Balaban J connectivity index is 2.45. The largest absolute Gasteiger partial charge is 0.366 e. The van der Waals surface area contributed by atoms with Gasteiger partial charge >= 0.3 is 7.60 Å². The second kappa shape index (κ2) is 5.15. The van der Waals surface area contributed by atoms with Gasteiger partial charge in [0.25, 0.3) is 0 Å². The first-order valence-electron chi connectivity index (χ1n) is 4.37. The topological polar surface area (TPSA) is 55.8 Å². The molecule has 1 rings (SSSR count). The van der Waals surface area contributed by atoms with Crippen LogP contribution in [0, 0.1) is 0 Å². The lowest BCUT2D eigenvalue weighted by Crippen LogP contribution is -1.98. The molecule has 1 atom stereocenters. The van der Waals surface area contributed by atoms with Crippen molar-refractivity contribution in [3.8, 4) is 5.75 Å². The fraction of sp³-hybridized carbons (Fsp3) is 0.333. The number of para-hydroxylation sites is 1. The first-order chi connectivity index (χ1) is 6.64. The van der Waals surface area contributed by atoms with Crippen molar-refractivity contribution in [1.29, 1.82) is 0 Å². The first-order valence-corrected chi connectivity index (χ1v) is 6.13. The second-order valence-corrected chi connectivity index (χ2v) is 4.70. The summed E-state index contributed by atoms with van der Waals surface area (Å²) in [6.45, 7) is 1.80. The van der Waals surface area contributed by atoms with Crippen LogP contribution < -0.4 is 4.89 Å². The highest BCUT2D eigenvalue weighted by molar-refractivity contribution is 7.52. The molecule has 0 bridgehead atoms. The van der Waals surface area contributed by atoms with Gasteiger partial charge in [0, 0.05) is 0 Å². The van der Waals surface area contributed by atoms with E-state index in [0.717, 1.165) is 0 Å². The molecule has 1 unspecified atom stereocenters. The maximum absolute atomic E-state index is 11.2. The van der Waals surface area contributed by atoms with Crippen LogP contribution in [0.1, 0.15) is 13.3 Å². The standard InChI is InChI=1S/C9H13O4P/c1-2-8-14(10,11)13-12-9-6-4-3-5-7-9/h3-7H,2,8H2,1H3,(H,10,11). The monoisotopic (exact) mass is 216 g/mol. The third-order valence-corrected chi connectivity index (χ3v) is 2.82. The molecular weight excluding hydrogens is 203 g/mol. The second-order valence-electron chi connectivity index (χ2n) is 2.83. The van der Waals surface area contributed by atoms with Crippen molar-refractivity contribution in [2.75, 3.05) is 6.16 Å². The highest BCUT2D eigenvalue weighted by atomic mass is 31.2. The Bertz CT molecular complexity index is 312. The van der Waals surface area contributed by atoms with Crippen LogP contribution in [0.25, 0.3) is 0 Å². The van der Waals surface area contributed by atoms with Crippen LogP contribution in [0.4, 0.5) is 0 Å². The minimum atomic E-state index is -3.58. The van der Waals surface area contributed by atoms with Gasteiger partial charge in [-0.1, -0.05) is 29.8 Å². The lowest BCUT2D eigenvalue weighted by molar-refractivity contribution is -0.109. The fourth-order valence-corrected chi connectivity index (χ4v) is 1.74. The molecule has 1 aromatic carbocycles. The van der Waals surface area contributed by atoms with Crippen LogP contribution in [0.3, 0.4) is 0 Å². The SMILES string of the molecule is CCCP(=O)(O)OOc1ccccc1. The molecule has 0 aliphatic carbocycles. The maximum atomic E-state index is 11.2. The Morgan fingerprint density at radius 3 is 2.57 bits per heavy atom. The molecule has 0 aromatic heterocycles. The van der Waals surface area contributed by atoms with Gasteiger partial charge in [0.2, 0.25) is 0 Å². The summed E-state index contributed by atoms with van der Waals surface area (Å²) in [5, 5.41) is 0. The van der Waals surface area contributed by atoms with Gasteiger partial charge in [-0.2, -0.15) is 0 Å². The molecular formula is C9H13O4P. The lowest BCUT2D eigenvalue weighted by atomic mass is 10.3. The van der Waals surface area contributed by atoms with Crippen LogP contribution in [0.5, 0.6) is 5.75 Å². The summed E-state index contributed by atoms with van der Waals surface area (Å²) in [6, 6.07) is 8.61. The average molecular weight is 216 g/mol. The Morgan fingerprint density at radius 1 is 1.36 bits per heavy atom. The van der Waals surface area contributed by atoms with Gasteiger partial charge in [0.05, 0.1) is 6.16 Å². The van der Waals surface area contributed by atoms with Gasteiger partial charge in [0.1, 0.15) is 0 Å². The van der Waals surface area contributed by atoms with Gasteiger partial charge in [-0.05, 0) is 18.6 Å². The minimum Gasteiger partial charge on any atom is -0.329 e. The predicted molar refractivity (Wildman–Crippen MR) is 53.1 cm³/mol. The van der Waals surface area contributed by atoms with Crippen LogP contribution in [0.2, 0.25) is 0 Å². The molecule has 0 radical (unpaired) electrons. The van der Waals surface area contributed by atoms with Crippen molar-refractivity contribution >= 4 is 7.60 Å². The summed E-state index contributed by atoms with van der Waals surface area (Å²) in [5.41, 5.74) is 0. The molecule has 0 aliphatic heterocycles. The molecule has 0 aliphatic rings. The third kappa shape index (κ3) is 3.92. The van der Waals surface area contributed by atoms with Crippen molar-refractivity contribution in [1.82, 2.24) is 0 Å². The molecule has 78 valence electrons. The van der Waals surface area contributed by atoms with E-state index in [4.69, 9.17) is 4.89 Å². The summed E-state index contributed by atoms with van der Waals surface area (Å²) in [6.07, 6.45) is 0.672. The Hall–Kier alpha value is -0.830. The molecule has 1 aromatic rings. The van der Waals surface area contributed by atoms with E-state index in [1.165, 1.54) is 0 Å². The highest BCUT2D eigenvalue weighted by Gasteiger charge is 2.19. The molecule has 5 heteroatoms. The summed E-state index contributed by atoms with van der Waals surface area (Å²) in [7, 11) is -3.58. The molecule has 14 heavy (non-hydrogen) atoms. The summed E-state index contributed by atoms with van der Waals surface area (Å²) in [4.78, 5) is 13.9. The molecule has 0 saturated carbocycles. The normalized spacial score (nSPS) is 14.7. The number of hydrogen-bond acceptors (Lipinski definition) is 3. The minimum absolute atomic E-state index is 0.0971. The van der Waals surface area contributed by atoms with E-state index in [9.17, 15) is 9.46 Å². The van der Waals surface area contributed by atoms with Crippen molar-refractivity contribution in [2.45, 2.75) is 13.3 Å². The molecule has 0 spiro atoms. The van der Waals surface area contributed by atoms with Gasteiger partial charge < -0.3 is 9.78 Å². The van der Waals surface area contributed by atoms with Gasteiger partial charge in [-0.3, -0.25) is 4.57 Å². The average Bonchev–Trinajstić information content (AvgIpc) is 2.17. The van der Waals surface area contributed by atoms with Gasteiger partial charge in [0.15, 0.2) is 5.75 Å². The van der Waals surface area contributed by atoms with Crippen LogP contribution in [0.15, 0.2) is 30.3 Å². The van der Waals surface area contributed by atoms with E-state index in [1.54, 1.807) is 31.2 Å². The van der Waals surface area contributed by atoms with E-state index in [-0.39, 0.29) is 6.16 Å². The van der Waals surface area contributed by atoms with Crippen molar-refractivity contribution in [3.63, 3.8) is 0 Å². The summed E-state index contributed by atoms with van der Waals surface area (Å²) < 4.78 is 15.7. The van der Waals surface area contributed by atoms with Crippen LogP contribution in [-0.4, -0.2) is 11.1 Å². The third-order valence-electron chi connectivity index (χ3n) is 1.50. The molecule has 0 fully saturated rings. The predicted octanol–water partition coefficient (Wildman–Crippen LogP) is 2.59. The van der Waals surface area contributed by atoms with E-state index in [0.29, 0.717) is 12.2 Å². The smallest absolute Gasteiger partial charge is 0.329 e. The van der Waals surface area contributed by atoms with Crippen molar-refractivity contribution in [2.24, 2.45) is 0 Å². The maximum Gasteiger partial charge on any atom is 0.366 e. The summed E-state index contributed by atoms with van der Waals surface area (Å²) >= 11 is 0. The van der Waals surface area contributed by atoms with Crippen LogP contribution >= 0.6 is 7.60 Å². The summed E-state index contributed by atoms with van der Waals surface area (Å²) in [5.74, 6) is 0.415. The molecule has 0 heterocycles. The van der Waals surface area contributed by atoms with Crippen molar-refractivity contribution in [3.05, 3.63) is 30.3 Å². The van der Waals surface area contributed by atoms with Crippen LogP contribution in [-0.2, 0) is 9.24 Å². The first kappa shape index (κ1) is 11.2. The number of benzene rings is 1. The lowest BCUT2D eigenvalue weighted by Gasteiger charge is -2.09. The molecule has 1 N–H and O–H groups in total. The fourth-order valence-electron chi connectivity index (χ4n) is 0.897. The van der Waals surface area contributed by atoms with Gasteiger partial charge in [-0.25, -0.2) is 0 Å². The number of rotatable bonds is 5. The zero-order chi connectivity index (χ0) is 10.4. The van der Waals surface area contributed by atoms with Crippen molar-refractivity contribution < 1.29 is 19.0 Å². The van der Waals surface area contributed by atoms with E-state index in [2.05, 4.69) is 4.67 Å². The Morgan fingerprint density at radius 2 is 2.00 bits per heavy atom. The number of hydrogen-bond donors (Lipinski definition) is 1. The quantitative estimate of drug-likeness (QED) is 0.467. The molecule has 4 nitrogen and oxygen atoms in total. The van der Waals surface area contributed by atoms with E-state index < -0.39 is 7.60 Å². The van der Waals surface area contributed by atoms with E-state index in [1.807, 2.05) is 6.07 Å².